The smallest absolute Gasteiger partial charge is 0.283 e. The monoisotopic (exact) mass is 208 g/mol. The van der Waals surface area contributed by atoms with Gasteiger partial charge in [0, 0.05) is 12.0 Å². The fraction of sp³-hybridized carbons (Fsp3) is 0.500. The third kappa shape index (κ3) is 3.58. The van der Waals surface area contributed by atoms with Crippen LogP contribution in [0, 0.1) is 5.92 Å². The lowest BCUT2D eigenvalue weighted by Gasteiger charge is -2.28. The second kappa shape index (κ2) is 5.72. The molecule has 72 valence electrons. The van der Waals surface area contributed by atoms with Crippen LogP contribution in [0.2, 0.25) is 5.82 Å². The zero-order valence-electron chi connectivity index (χ0n) is 7.65. The van der Waals surface area contributed by atoms with Crippen LogP contribution in [-0.4, -0.2) is 31.8 Å². The Morgan fingerprint density at radius 2 is 2.14 bits per heavy atom. The quantitative estimate of drug-likeness (QED) is 0.409. The maximum absolute atomic E-state index is 8.71. The fourth-order valence-electron chi connectivity index (χ4n) is 1.41. The molecule has 1 aliphatic rings. The van der Waals surface area contributed by atoms with Crippen LogP contribution in [0.5, 0.6) is 0 Å². The maximum atomic E-state index is 8.71. The second-order valence-electron chi connectivity index (χ2n) is 3.20. The van der Waals surface area contributed by atoms with Gasteiger partial charge in [0.2, 0.25) is 0 Å². The lowest BCUT2D eigenvalue weighted by atomic mass is 9.75. The zero-order chi connectivity index (χ0) is 10.6. The van der Waals surface area contributed by atoms with Gasteiger partial charge in [-0.15, -0.1) is 0 Å². The predicted molar refractivity (Wildman–Crippen MR) is 57.9 cm³/mol. The molecule has 0 heterocycles. The van der Waals surface area contributed by atoms with E-state index < -0.39 is 8.38 Å². The number of hydrogen-bond acceptors (Lipinski definition) is 3. The maximum Gasteiger partial charge on any atom is 0.283 e. The molecule has 0 aliphatic heterocycles. The molecule has 1 aliphatic carbocycles. The summed E-state index contributed by atoms with van der Waals surface area (Å²) in [5, 5.41) is 0. The Kier molecular flexibility index (Phi) is 4.90. The van der Waals surface area contributed by atoms with Gasteiger partial charge in [0.25, 0.3) is 8.05 Å². The molecule has 1 rings (SSSR count). The van der Waals surface area contributed by atoms with E-state index in [4.69, 9.17) is 30.3 Å². The van der Waals surface area contributed by atoms with E-state index in [0.29, 0.717) is 6.42 Å². The van der Waals surface area contributed by atoms with Crippen molar-refractivity contribution in [3.8, 4) is 0 Å². The molecule has 3 nitrogen and oxygen atoms in total. The Morgan fingerprint density at radius 3 is 2.71 bits per heavy atom. The summed E-state index contributed by atoms with van der Waals surface area (Å²) in [6.45, 7) is 0. The molecule has 0 spiro atoms. The van der Waals surface area contributed by atoms with Gasteiger partial charge in [0.05, 0.1) is 7.85 Å². The predicted octanol–water partition coefficient (Wildman–Crippen LogP) is 0.798. The highest BCUT2D eigenvalue weighted by molar-refractivity contribution is 7.48. The van der Waals surface area contributed by atoms with Crippen LogP contribution < -0.4 is 0 Å². The average molecular weight is 208 g/mol. The summed E-state index contributed by atoms with van der Waals surface area (Å²) in [6, 6.07) is 0. The molecule has 0 amide bonds. The SMILES string of the molecule is [B]OC1CC([B])C=CC1/C=C/P(O)O. The fourth-order valence-corrected chi connectivity index (χ4v) is 1.76. The summed E-state index contributed by atoms with van der Waals surface area (Å²) in [5.74, 6) is 1.26. The van der Waals surface area contributed by atoms with Gasteiger partial charge in [-0.2, -0.15) is 0 Å². The standard InChI is InChI=1S/C8H11B2O3P/c9-7-2-1-6(3-4-14(11)12)8(5-7)13-10/h1-4,6-8,11-12H,5H2/b4-3+. The third-order valence-electron chi connectivity index (χ3n) is 2.13. The van der Waals surface area contributed by atoms with Crippen LogP contribution >= 0.6 is 8.38 Å². The van der Waals surface area contributed by atoms with Crippen molar-refractivity contribution in [2.75, 3.05) is 0 Å². The lowest BCUT2D eigenvalue weighted by molar-refractivity contribution is 0.177. The Morgan fingerprint density at radius 1 is 1.43 bits per heavy atom. The van der Waals surface area contributed by atoms with Crippen LogP contribution in [0.1, 0.15) is 6.42 Å². The molecule has 14 heavy (non-hydrogen) atoms. The van der Waals surface area contributed by atoms with Crippen molar-refractivity contribution < 1.29 is 14.4 Å². The molecule has 0 aromatic heterocycles. The van der Waals surface area contributed by atoms with E-state index in [-0.39, 0.29) is 17.8 Å². The Bertz CT molecular complexity index is 233. The van der Waals surface area contributed by atoms with Crippen molar-refractivity contribution in [2.45, 2.75) is 18.3 Å². The average Bonchev–Trinajstić information content (AvgIpc) is 2.15. The largest absolute Gasteiger partial charge is 0.444 e. The summed E-state index contributed by atoms with van der Waals surface area (Å²) < 4.78 is 4.77. The molecule has 3 atom stereocenters. The molecule has 0 fully saturated rings. The van der Waals surface area contributed by atoms with Crippen molar-refractivity contribution in [2.24, 2.45) is 5.92 Å². The zero-order valence-corrected chi connectivity index (χ0v) is 8.55. The van der Waals surface area contributed by atoms with Crippen LogP contribution in [0.3, 0.4) is 0 Å². The molecule has 0 saturated heterocycles. The number of hydrogen-bond donors (Lipinski definition) is 2. The first-order chi connectivity index (χ1) is 6.63. The highest BCUT2D eigenvalue weighted by Crippen LogP contribution is 2.31. The van der Waals surface area contributed by atoms with E-state index >= 15 is 0 Å². The van der Waals surface area contributed by atoms with Crippen molar-refractivity contribution in [3.05, 3.63) is 24.0 Å². The third-order valence-corrected chi connectivity index (χ3v) is 2.57. The van der Waals surface area contributed by atoms with Crippen LogP contribution in [0.15, 0.2) is 24.0 Å². The lowest BCUT2D eigenvalue weighted by Crippen LogP contribution is -2.25. The molecule has 3 unspecified atom stereocenters. The minimum atomic E-state index is -2.00. The molecule has 0 aromatic carbocycles. The highest BCUT2D eigenvalue weighted by atomic mass is 31.2. The second-order valence-corrected chi connectivity index (χ2v) is 4.14. The Hall–Kier alpha value is -0.0801. The first-order valence-corrected chi connectivity index (χ1v) is 5.60. The Labute approximate surface area is 87.6 Å². The molecule has 6 heteroatoms. The van der Waals surface area contributed by atoms with Gasteiger partial charge in [0.1, 0.15) is 0 Å². The first-order valence-electron chi connectivity index (χ1n) is 4.28. The van der Waals surface area contributed by atoms with Crippen LogP contribution in [-0.2, 0) is 4.65 Å². The topological polar surface area (TPSA) is 49.7 Å². The Balaban J connectivity index is 2.61. The molecular weight excluding hydrogens is 197 g/mol. The minimum absolute atomic E-state index is 0.0379. The summed E-state index contributed by atoms with van der Waals surface area (Å²) in [7, 11) is 8.79. The first kappa shape index (κ1) is 12.0. The van der Waals surface area contributed by atoms with Crippen molar-refractivity contribution >= 4 is 24.3 Å². The van der Waals surface area contributed by atoms with Gasteiger partial charge < -0.3 is 14.4 Å². The summed E-state index contributed by atoms with van der Waals surface area (Å²) in [4.78, 5) is 17.4. The van der Waals surface area contributed by atoms with E-state index in [1.54, 1.807) is 6.08 Å². The van der Waals surface area contributed by atoms with Crippen LogP contribution in [0.25, 0.3) is 0 Å². The summed E-state index contributed by atoms with van der Waals surface area (Å²) >= 11 is 0. The number of allylic oxidation sites excluding steroid dienone is 1. The van der Waals surface area contributed by atoms with Gasteiger partial charge in [0.15, 0.2) is 8.38 Å². The van der Waals surface area contributed by atoms with E-state index in [1.807, 2.05) is 12.2 Å². The molecule has 0 aromatic rings. The molecule has 4 radical (unpaired) electrons. The van der Waals surface area contributed by atoms with Crippen molar-refractivity contribution in [3.63, 3.8) is 0 Å². The molecular formula is C8H11B2O3P. The van der Waals surface area contributed by atoms with E-state index in [1.165, 1.54) is 5.82 Å². The molecule has 2 N–H and O–H groups in total. The van der Waals surface area contributed by atoms with Crippen molar-refractivity contribution in [1.29, 1.82) is 0 Å². The normalized spacial score (nSPS) is 32.9. The van der Waals surface area contributed by atoms with Crippen LogP contribution in [0.4, 0.5) is 0 Å². The van der Waals surface area contributed by atoms with Gasteiger partial charge >= 0.3 is 0 Å². The van der Waals surface area contributed by atoms with Crippen molar-refractivity contribution in [1.82, 2.24) is 0 Å². The van der Waals surface area contributed by atoms with E-state index in [0.717, 1.165) is 0 Å². The molecule has 0 bridgehead atoms. The van der Waals surface area contributed by atoms with Gasteiger partial charge in [-0.3, -0.25) is 0 Å². The summed E-state index contributed by atoms with van der Waals surface area (Å²) in [6.07, 6.45) is 5.84. The van der Waals surface area contributed by atoms with Gasteiger partial charge in [-0.25, -0.2) is 0 Å². The minimum Gasteiger partial charge on any atom is -0.444 e. The molecule has 0 saturated carbocycles. The number of rotatable bonds is 3. The summed E-state index contributed by atoms with van der Waals surface area (Å²) in [5.41, 5.74) is 0. The van der Waals surface area contributed by atoms with Gasteiger partial charge in [-0.1, -0.05) is 24.0 Å². The van der Waals surface area contributed by atoms with E-state index in [2.05, 4.69) is 0 Å². The van der Waals surface area contributed by atoms with E-state index in [9.17, 15) is 0 Å². The van der Waals surface area contributed by atoms with Gasteiger partial charge in [-0.05, 0) is 12.2 Å². The highest BCUT2D eigenvalue weighted by Gasteiger charge is 2.21.